The highest BCUT2D eigenvalue weighted by atomic mass is 15.4. The fourth-order valence-corrected chi connectivity index (χ4v) is 2.60. The fourth-order valence-electron chi connectivity index (χ4n) is 2.60. The Kier molecular flexibility index (Phi) is 2.70. The average Bonchev–Trinajstić information content (AvgIpc) is 2.71. The molecule has 96 valence electrons. The SMILES string of the molecule is Cc1ccc2nc(N3CCC(N)CC3C)nn2c1. The van der Waals surface area contributed by atoms with Gasteiger partial charge in [-0.15, -0.1) is 5.10 Å². The minimum absolute atomic E-state index is 0.315. The summed E-state index contributed by atoms with van der Waals surface area (Å²) in [6.45, 7) is 5.19. The lowest BCUT2D eigenvalue weighted by atomic mass is 10.00. The van der Waals surface area contributed by atoms with Crippen LogP contribution in [0.3, 0.4) is 0 Å². The van der Waals surface area contributed by atoms with Crippen molar-refractivity contribution in [3.63, 3.8) is 0 Å². The fraction of sp³-hybridized carbons (Fsp3) is 0.538. The maximum absolute atomic E-state index is 5.99. The first kappa shape index (κ1) is 11.5. The van der Waals surface area contributed by atoms with Crippen molar-refractivity contribution in [1.82, 2.24) is 14.6 Å². The van der Waals surface area contributed by atoms with E-state index in [4.69, 9.17) is 5.73 Å². The summed E-state index contributed by atoms with van der Waals surface area (Å²) in [5, 5.41) is 4.56. The Morgan fingerprint density at radius 1 is 1.39 bits per heavy atom. The van der Waals surface area contributed by atoms with Crippen molar-refractivity contribution < 1.29 is 0 Å². The van der Waals surface area contributed by atoms with Gasteiger partial charge in [-0.05, 0) is 38.3 Å². The van der Waals surface area contributed by atoms with Crippen LogP contribution in [0.5, 0.6) is 0 Å². The third kappa shape index (κ3) is 1.95. The van der Waals surface area contributed by atoms with Crippen molar-refractivity contribution >= 4 is 11.6 Å². The predicted molar refractivity (Wildman–Crippen MR) is 71.7 cm³/mol. The molecule has 18 heavy (non-hydrogen) atoms. The number of fused-ring (bicyclic) bond motifs is 1. The van der Waals surface area contributed by atoms with E-state index in [2.05, 4.69) is 34.9 Å². The standard InChI is InChI=1S/C13H19N5/c1-9-3-4-12-15-13(16-18(12)8-9)17-6-5-11(14)7-10(17)2/h3-4,8,10-11H,5-7,14H2,1-2H3. The topological polar surface area (TPSA) is 59.5 Å². The number of pyridine rings is 1. The van der Waals surface area contributed by atoms with E-state index in [0.29, 0.717) is 12.1 Å². The van der Waals surface area contributed by atoms with Gasteiger partial charge < -0.3 is 10.6 Å². The molecular weight excluding hydrogens is 226 g/mol. The highest BCUT2D eigenvalue weighted by molar-refractivity contribution is 5.46. The number of anilines is 1. The molecule has 0 aromatic carbocycles. The van der Waals surface area contributed by atoms with Gasteiger partial charge >= 0.3 is 0 Å². The number of aromatic nitrogens is 3. The van der Waals surface area contributed by atoms with Crippen molar-refractivity contribution in [1.29, 1.82) is 0 Å². The minimum Gasteiger partial charge on any atom is -0.337 e. The molecule has 2 aromatic rings. The van der Waals surface area contributed by atoms with Crippen LogP contribution in [0.1, 0.15) is 25.3 Å². The van der Waals surface area contributed by atoms with Crippen molar-refractivity contribution in [2.75, 3.05) is 11.4 Å². The molecule has 1 saturated heterocycles. The lowest BCUT2D eigenvalue weighted by molar-refractivity contribution is 0.424. The molecule has 1 aliphatic rings. The van der Waals surface area contributed by atoms with Gasteiger partial charge in [-0.1, -0.05) is 6.07 Å². The molecule has 2 unspecified atom stereocenters. The molecule has 3 heterocycles. The Hall–Kier alpha value is -1.62. The van der Waals surface area contributed by atoms with Crippen LogP contribution < -0.4 is 10.6 Å². The summed E-state index contributed by atoms with van der Waals surface area (Å²) in [4.78, 5) is 6.85. The minimum atomic E-state index is 0.315. The van der Waals surface area contributed by atoms with Crippen molar-refractivity contribution in [3.8, 4) is 0 Å². The number of nitrogens with two attached hydrogens (primary N) is 1. The van der Waals surface area contributed by atoms with E-state index >= 15 is 0 Å². The van der Waals surface area contributed by atoms with Crippen LogP contribution in [0.2, 0.25) is 0 Å². The van der Waals surface area contributed by atoms with Gasteiger partial charge in [-0.2, -0.15) is 4.98 Å². The Morgan fingerprint density at radius 3 is 3.00 bits per heavy atom. The van der Waals surface area contributed by atoms with Gasteiger partial charge in [-0.3, -0.25) is 0 Å². The summed E-state index contributed by atoms with van der Waals surface area (Å²) in [6.07, 6.45) is 4.03. The second-order valence-electron chi connectivity index (χ2n) is 5.25. The molecule has 2 N–H and O–H groups in total. The van der Waals surface area contributed by atoms with Crippen molar-refractivity contribution in [3.05, 3.63) is 23.9 Å². The van der Waals surface area contributed by atoms with E-state index in [1.807, 2.05) is 16.8 Å². The first-order chi connectivity index (χ1) is 8.63. The van der Waals surface area contributed by atoms with Crippen molar-refractivity contribution in [2.24, 2.45) is 5.73 Å². The third-order valence-electron chi connectivity index (χ3n) is 3.64. The number of hydrogen-bond donors (Lipinski definition) is 1. The summed E-state index contributed by atoms with van der Waals surface area (Å²) in [7, 11) is 0. The monoisotopic (exact) mass is 245 g/mol. The number of nitrogens with zero attached hydrogens (tertiary/aromatic N) is 4. The summed E-state index contributed by atoms with van der Waals surface area (Å²) in [6, 6.07) is 4.79. The molecule has 2 aromatic heterocycles. The normalized spacial score (nSPS) is 24.7. The summed E-state index contributed by atoms with van der Waals surface area (Å²) < 4.78 is 1.85. The van der Waals surface area contributed by atoms with Crippen LogP contribution in [0, 0.1) is 6.92 Å². The third-order valence-corrected chi connectivity index (χ3v) is 3.64. The van der Waals surface area contributed by atoms with Crippen molar-refractivity contribution in [2.45, 2.75) is 38.8 Å². The number of aryl methyl sites for hydroxylation is 1. The van der Waals surface area contributed by atoms with Gasteiger partial charge in [0.1, 0.15) is 0 Å². The van der Waals surface area contributed by atoms with Crippen LogP contribution in [0.15, 0.2) is 18.3 Å². The van der Waals surface area contributed by atoms with E-state index in [1.165, 1.54) is 5.56 Å². The molecule has 0 aliphatic carbocycles. The highest BCUT2D eigenvalue weighted by Gasteiger charge is 2.25. The molecule has 0 radical (unpaired) electrons. The van der Waals surface area contributed by atoms with E-state index in [-0.39, 0.29) is 0 Å². The predicted octanol–water partition coefficient (Wildman–Crippen LogP) is 1.35. The van der Waals surface area contributed by atoms with E-state index in [0.717, 1.165) is 31.0 Å². The Balaban J connectivity index is 1.94. The molecular formula is C13H19N5. The molecule has 5 nitrogen and oxygen atoms in total. The Bertz CT molecular complexity index is 562. The number of piperidine rings is 1. The van der Waals surface area contributed by atoms with Gasteiger partial charge in [0.25, 0.3) is 0 Å². The zero-order valence-electron chi connectivity index (χ0n) is 10.9. The summed E-state index contributed by atoms with van der Waals surface area (Å²) >= 11 is 0. The second kappa shape index (κ2) is 4.24. The first-order valence-electron chi connectivity index (χ1n) is 6.49. The zero-order chi connectivity index (χ0) is 12.7. The summed E-state index contributed by atoms with van der Waals surface area (Å²) in [5.41, 5.74) is 8.08. The molecule has 0 amide bonds. The maximum atomic E-state index is 5.99. The van der Waals surface area contributed by atoms with E-state index in [9.17, 15) is 0 Å². The Labute approximate surface area is 107 Å². The zero-order valence-corrected chi connectivity index (χ0v) is 10.9. The average molecular weight is 245 g/mol. The van der Waals surface area contributed by atoms with E-state index < -0.39 is 0 Å². The van der Waals surface area contributed by atoms with Gasteiger partial charge in [-0.25, -0.2) is 4.52 Å². The first-order valence-corrected chi connectivity index (χ1v) is 6.49. The quantitative estimate of drug-likeness (QED) is 0.824. The molecule has 1 aliphatic heterocycles. The molecule has 2 atom stereocenters. The molecule has 0 saturated carbocycles. The van der Waals surface area contributed by atoms with Gasteiger partial charge in [0.2, 0.25) is 5.95 Å². The lowest BCUT2D eigenvalue weighted by Gasteiger charge is -2.35. The highest BCUT2D eigenvalue weighted by Crippen LogP contribution is 2.21. The smallest absolute Gasteiger partial charge is 0.245 e. The van der Waals surface area contributed by atoms with Crippen LogP contribution in [-0.4, -0.2) is 33.2 Å². The van der Waals surface area contributed by atoms with Gasteiger partial charge in [0.15, 0.2) is 5.65 Å². The van der Waals surface area contributed by atoms with Crippen LogP contribution in [0.25, 0.3) is 5.65 Å². The maximum Gasteiger partial charge on any atom is 0.245 e. The van der Waals surface area contributed by atoms with Crippen LogP contribution in [0.4, 0.5) is 5.95 Å². The molecule has 0 spiro atoms. The Morgan fingerprint density at radius 2 is 2.22 bits per heavy atom. The number of rotatable bonds is 1. The lowest BCUT2D eigenvalue weighted by Crippen LogP contribution is -2.46. The largest absolute Gasteiger partial charge is 0.337 e. The van der Waals surface area contributed by atoms with E-state index in [1.54, 1.807) is 0 Å². The van der Waals surface area contributed by atoms with Crippen LogP contribution in [-0.2, 0) is 0 Å². The number of hydrogen-bond acceptors (Lipinski definition) is 4. The van der Waals surface area contributed by atoms with Gasteiger partial charge in [0.05, 0.1) is 0 Å². The van der Waals surface area contributed by atoms with Crippen LogP contribution >= 0.6 is 0 Å². The molecule has 1 fully saturated rings. The summed E-state index contributed by atoms with van der Waals surface area (Å²) in [5.74, 6) is 0.819. The van der Waals surface area contributed by atoms with Gasteiger partial charge in [0, 0.05) is 24.8 Å². The molecule has 3 rings (SSSR count). The molecule has 5 heteroatoms. The second-order valence-corrected chi connectivity index (χ2v) is 5.25. The molecule has 0 bridgehead atoms.